The molecule has 0 aliphatic heterocycles. The average molecular weight is 336 g/mol. The van der Waals surface area contributed by atoms with E-state index in [4.69, 9.17) is 27.9 Å². The molecule has 0 aliphatic carbocycles. The van der Waals surface area contributed by atoms with Crippen molar-refractivity contribution in [3.8, 4) is 5.75 Å². The zero-order valence-electron chi connectivity index (χ0n) is 12.0. The summed E-state index contributed by atoms with van der Waals surface area (Å²) in [5.74, 6) is 0.346. The van der Waals surface area contributed by atoms with Crippen molar-refractivity contribution in [3.05, 3.63) is 70.2 Å². The first-order valence-corrected chi connectivity index (χ1v) is 7.34. The molecule has 0 aliphatic rings. The Labute approximate surface area is 139 Å². The zero-order valence-corrected chi connectivity index (χ0v) is 13.5. The number of anilines is 1. The van der Waals surface area contributed by atoms with Crippen LogP contribution < -0.4 is 10.1 Å². The van der Waals surface area contributed by atoms with E-state index in [-0.39, 0.29) is 5.91 Å². The lowest BCUT2D eigenvalue weighted by atomic mass is 10.2. The maximum atomic E-state index is 12.3. The normalized spacial score (nSPS) is 10.1. The molecule has 1 amide bonds. The fraction of sp³-hybridized carbons (Fsp3) is 0.118. The van der Waals surface area contributed by atoms with Crippen LogP contribution in [0.25, 0.3) is 0 Å². The summed E-state index contributed by atoms with van der Waals surface area (Å²) in [6, 6.07) is 11.8. The molecular weight excluding hydrogens is 321 g/mol. The van der Waals surface area contributed by atoms with Gasteiger partial charge in [-0.25, -0.2) is 0 Å². The SMILES string of the molecule is C=C(C)COc1cccc(C(=O)Nc2cc(Cl)cc(Cl)c2)c1. The minimum absolute atomic E-state index is 0.265. The topological polar surface area (TPSA) is 38.3 Å². The number of carbonyl (C=O) groups excluding carboxylic acids is 1. The molecule has 0 atom stereocenters. The van der Waals surface area contributed by atoms with Crippen LogP contribution in [0.2, 0.25) is 10.0 Å². The second-order valence-corrected chi connectivity index (χ2v) is 5.76. The number of rotatable bonds is 5. The highest BCUT2D eigenvalue weighted by Gasteiger charge is 2.08. The van der Waals surface area contributed by atoms with Gasteiger partial charge in [0.2, 0.25) is 0 Å². The number of hydrogen-bond acceptors (Lipinski definition) is 2. The van der Waals surface area contributed by atoms with Gasteiger partial charge in [-0.2, -0.15) is 0 Å². The van der Waals surface area contributed by atoms with E-state index in [1.807, 2.05) is 6.92 Å². The van der Waals surface area contributed by atoms with Gasteiger partial charge in [0.05, 0.1) is 0 Å². The maximum absolute atomic E-state index is 12.3. The predicted octanol–water partition coefficient (Wildman–Crippen LogP) is 5.20. The summed E-state index contributed by atoms with van der Waals surface area (Å²) in [6.07, 6.45) is 0. The van der Waals surface area contributed by atoms with Gasteiger partial charge in [-0.15, -0.1) is 0 Å². The second-order valence-electron chi connectivity index (χ2n) is 4.89. The minimum atomic E-state index is -0.265. The lowest BCUT2D eigenvalue weighted by Gasteiger charge is -2.09. The number of ether oxygens (including phenoxy) is 1. The van der Waals surface area contributed by atoms with Crippen molar-refractivity contribution in [1.29, 1.82) is 0 Å². The van der Waals surface area contributed by atoms with Gasteiger partial charge in [-0.3, -0.25) is 4.79 Å². The molecule has 0 saturated carbocycles. The van der Waals surface area contributed by atoms with Crippen molar-refractivity contribution in [3.63, 3.8) is 0 Å². The molecule has 114 valence electrons. The van der Waals surface area contributed by atoms with E-state index in [0.29, 0.717) is 33.7 Å². The molecule has 1 N–H and O–H groups in total. The van der Waals surface area contributed by atoms with Crippen LogP contribution >= 0.6 is 23.2 Å². The quantitative estimate of drug-likeness (QED) is 0.762. The zero-order chi connectivity index (χ0) is 16.1. The van der Waals surface area contributed by atoms with Crippen molar-refractivity contribution < 1.29 is 9.53 Å². The third-order valence-corrected chi connectivity index (χ3v) is 3.14. The molecule has 0 bridgehead atoms. The number of benzene rings is 2. The van der Waals surface area contributed by atoms with Crippen molar-refractivity contribution in [1.82, 2.24) is 0 Å². The number of hydrogen-bond donors (Lipinski definition) is 1. The third-order valence-electron chi connectivity index (χ3n) is 2.70. The van der Waals surface area contributed by atoms with Crippen molar-refractivity contribution in [2.24, 2.45) is 0 Å². The van der Waals surface area contributed by atoms with Gasteiger partial charge in [-0.05, 0) is 48.9 Å². The molecule has 22 heavy (non-hydrogen) atoms. The van der Waals surface area contributed by atoms with E-state index >= 15 is 0 Å². The van der Waals surface area contributed by atoms with Gasteiger partial charge < -0.3 is 10.1 Å². The largest absolute Gasteiger partial charge is 0.489 e. The van der Waals surface area contributed by atoms with E-state index in [2.05, 4.69) is 11.9 Å². The van der Waals surface area contributed by atoms with Crippen molar-refractivity contribution >= 4 is 34.8 Å². The average Bonchev–Trinajstić information content (AvgIpc) is 2.44. The van der Waals surface area contributed by atoms with Crippen LogP contribution in [-0.4, -0.2) is 12.5 Å². The fourth-order valence-electron chi connectivity index (χ4n) is 1.76. The van der Waals surface area contributed by atoms with Crippen LogP contribution in [0.4, 0.5) is 5.69 Å². The van der Waals surface area contributed by atoms with E-state index in [0.717, 1.165) is 5.57 Å². The first kappa shape index (κ1) is 16.4. The minimum Gasteiger partial charge on any atom is -0.489 e. The van der Waals surface area contributed by atoms with Gasteiger partial charge in [0.25, 0.3) is 5.91 Å². The first-order chi connectivity index (χ1) is 10.4. The Morgan fingerprint density at radius 2 is 1.86 bits per heavy atom. The van der Waals surface area contributed by atoms with Crippen LogP contribution in [0.15, 0.2) is 54.6 Å². The summed E-state index contributed by atoms with van der Waals surface area (Å²) in [6.45, 7) is 6.06. The number of carbonyl (C=O) groups is 1. The predicted molar refractivity (Wildman–Crippen MR) is 91.2 cm³/mol. The lowest BCUT2D eigenvalue weighted by molar-refractivity contribution is 0.102. The Hall–Kier alpha value is -1.97. The first-order valence-electron chi connectivity index (χ1n) is 6.59. The summed E-state index contributed by atoms with van der Waals surface area (Å²) in [5.41, 5.74) is 1.93. The van der Waals surface area contributed by atoms with Crippen LogP contribution in [0.3, 0.4) is 0 Å². The van der Waals surface area contributed by atoms with Crippen molar-refractivity contribution in [2.75, 3.05) is 11.9 Å². The highest BCUT2D eigenvalue weighted by atomic mass is 35.5. The summed E-state index contributed by atoms with van der Waals surface area (Å²) in [7, 11) is 0. The Morgan fingerprint density at radius 3 is 2.50 bits per heavy atom. The Morgan fingerprint density at radius 1 is 1.18 bits per heavy atom. The molecule has 2 aromatic carbocycles. The van der Waals surface area contributed by atoms with Crippen LogP contribution in [0, 0.1) is 0 Å². The standard InChI is InChI=1S/C17H15Cl2NO2/c1-11(2)10-22-16-5-3-4-12(6-16)17(21)20-15-8-13(18)7-14(19)9-15/h3-9H,1,10H2,2H3,(H,20,21). The highest BCUT2D eigenvalue weighted by Crippen LogP contribution is 2.23. The molecule has 0 fully saturated rings. The summed E-state index contributed by atoms with van der Waals surface area (Å²) < 4.78 is 5.52. The van der Waals surface area contributed by atoms with Crippen molar-refractivity contribution in [2.45, 2.75) is 6.92 Å². The second kappa shape index (κ2) is 7.34. The number of nitrogens with one attached hydrogen (secondary N) is 1. The fourth-order valence-corrected chi connectivity index (χ4v) is 2.29. The molecular formula is C17H15Cl2NO2. The molecule has 0 saturated heterocycles. The Kier molecular flexibility index (Phi) is 5.47. The molecule has 2 aromatic rings. The molecule has 0 radical (unpaired) electrons. The molecule has 0 spiro atoms. The third kappa shape index (κ3) is 4.79. The highest BCUT2D eigenvalue weighted by molar-refractivity contribution is 6.35. The molecule has 0 aromatic heterocycles. The lowest BCUT2D eigenvalue weighted by Crippen LogP contribution is -2.12. The molecule has 0 heterocycles. The van der Waals surface area contributed by atoms with E-state index in [9.17, 15) is 4.79 Å². The smallest absolute Gasteiger partial charge is 0.255 e. The van der Waals surface area contributed by atoms with Crippen LogP contribution in [-0.2, 0) is 0 Å². The molecule has 5 heteroatoms. The van der Waals surface area contributed by atoms with Crippen LogP contribution in [0.1, 0.15) is 17.3 Å². The van der Waals surface area contributed by atoms with E-state index in [1.165, 1.54) is 0 Å². The van der Waals surface area contributed by atoms with Gasteiger partial charge >= 0.3 is 0 Å². The van der Waals surface area contributed by atoms with Gasteiger partial charge in [0.1, 0.15) is 12.4 Å². The molecule has 0 unspecified atom stereocenters. The number of halogens is 2. The summed E-state index contributed by atoms with van der Waals surface area (Å²) in [5, 5.41) is 3.67. The monoisotopic (exact) mass is 335 g/mol. The van der Waals surface area contributed by atoms with Crippen LogP contribution in [0.5, 0.6) is 5.75 Å². The van der Waals surface area contributed by atoms with Gasteiger partial charge in [-0.1, -0.05) is 35.8 Å². The molecule has 2 rings (SSSR count). The van der Waals surface area contributed by atoms with Gasteiger partial charge in [0.15, 0.2) is 0 Å². The summed E-state index contributed by atoms with van der Waals surface area (Å²) >= 11 is 11.8. The Bertz CT molecular complexity index is 693. The number of amides is 1. The summed E-state index contributed by atoms with van der Waals surface area (Å²) in [4.78, 5) is 12.3. The molecule has 3 nitrogen and oxygen atoms in total. The van der Waals surface area contributed by atoms with Gasteiger partial charge in [0, 0.05) is 21.3 Å². The van der Waals surface area contributed by atoms with E-state index in [1.54, 1.807) is 42.5 Å². The van der Waals surface area contributed by atoms with E-state index < -0.39 is 0 Å². The Balaban J connectivity index is 2.12. The maximum Gasteiger partial charge on any atom is 0.255 e.